The van der Waals surface area contributed by atoms with Crippen molar-refractivity contribution in [3.05, 3.63) is 75.7 Å². The van der Waals surface area contributed by atoms with Crippen molar-refractivity contribution < 1.29 is 43.2 Å². The van der Waals surface area contributed by atoms with Gasteiger partial charge in [-0.05, 0) is 40.2 Å². The van der Waals surface area contributed by atoms with Gasteiger partial charge in [0.15, 0.2) is 10.1 Å². The van der Waals surface area contributed by atoms with E-state index in [1.807, 2.05) is 0 Å². The Bertz CT molecular complexity index is 1410. The van der Waals surface area contributed by atoms with E-state index in [-0.39, 0.29) is 27.9 Å². The molecule has 0 amide bonds. The third kappa shape index (κ3) is 12.5. The van der Waals surface area contributed by atoms with Crippen molar-refractivity contribution in [1.82, 2.24) is 0 Å². The molecule has 0 aliphatic rings. The fourth-order valence-electron chi connectivity index (χ4n) is 4.49. The first-order valence-electron chi connectivity index (χ1n) is 15.5. The summed E-state index contributed by atoms with van der Waals surface area (Å²) < 4.78 is 58.9. The van der Waals surface area contributed by atoms with E-state index >= 15 is 0 Å². The van der Waals surface area contributed by atoms with Crippen LogP contribution in [0.5, 0.6) is 0 Å². The molecular weight excluding hydrogens is 653 g/mol. The number of alkyl halides is 3. The van der Waals surface area contributed by atoms with Crippen LogP contribution in [0.3, 0.4) is 0 Å². The van der Waals surface area contributed by atoms with E-state index in [2.05, 4.69) is 139 Å². The first-order chi connectivity index (χ1) is 20.2. The predicted molar refractivity (Wildman–Crippen MR) is 182 cm³/mol. The predicted octanol–water partition coefficient (Wildman–Crippen LogP) is 12.0. The minimum absolute atomic E-state index is 0. The average Bonchev–Trinajstić information content (AvgIpc) is 2.85. The minimum Gasteiger partial charge on any atom is -0.741 e. The van der Waals surface area contributed by atoms with Crippen LogP contribution >= 0.6 is 0 Å². The molecule has 0 atom stereocenters. The summed E-state index contributed by atoms with van der Waals surface area (Å²) in [5, 5.41) is 5.46. The van der Waals surface area contributed by atoms with Crippen LogP contribution in [-0.2, 0) is 27.2 Å². The van der Waals surface area contributed by atoms with Crippen LogP contribution in [-0.4, -0.2) is 24.2 Å². The Labute approximate surface area is 287 Å². The molecule has 46 heavy (non-hydrogen) atoms. The molecule has 260 valence electrons. The molecule has 0 fully saturated rings. The molecule has 0 unspecified atom stereocenters. The maximum Gasteiger partial charge on any atom is 2.00 e. The van der Waals surface area contributed by atoms with Gasteiger partial charge in [-0.1, -0.05) is 151 Å². The molecule has 0 aliphatic carbocycles. The maximum absolute atomic E-state index is 10.7. The third-order valence-electron chi connectivity index (χ3n) is 7.24. The van der Waals surface area contributed by atoms with Crippen molar-refractivity contribution in [2.24, 2.45) is 15.8 Å². The Kier molecular flexibility index (Phi) is 16.0. The van der Waals surface area contributed by atoms with Gasteiger partial charge in [0.1, 0.15) is 0 Å². The van der Waals surface area contributed by atoms with Gasteiger partial charge < -0.3 is 9.87 Å². The second-order valence-electron chi connectivity index (χ2n) is 14.7. The van der Waals surface area contributed by atoms with Crippen LogP contribution in [0.4, 0.5) is 24.5 Å². The van der Waals surface area contributed by atoms with Crippen LogP contribution < -0.4 is 0 Å². The molecule has 0 saturated heterocycles. The Morgan fingerprint density at radius 1 is 0.717 bits per heavy atom. The molecule has 2 aromatic rings. The molecule has 0 spiro atoms. The van der Waals surface area contributed by atoms with Gasteiger partial charge in [-0.2, -0.15) is 18.9 Å². The molecule has 5 nitrogen and oxygen atoms in total. The molecule has 2 aromatic carbocycles. The fourth-order valence-corrected chi connectivity index (χ4v) is 4.49. The first kappa shape index (κ1) is 43.9. The fraction of sp³-hybridized carbons (Fsp3) is 0.583. The smallest absolute Gasteiger partial charge is 0.741 e. The number of rotatable bonds is 8. The summed E-state index contributed by atoms with van der Waals surface area (Å²) in [5.74, 6) is 1.61. The molecule has 10 heteroatoms. The molecule has 0 bridgehead atoms. The van der Waals surface area contributed by atoms with Crippen molar-refractivity contribution in [3.63, 3.8) is 0 Å². The van der Waals surface area contributed by atoms with Crippen LogP contribution in [0.15, 0.2) is 53.2 Å². The van der Waals surface area contributed by atoms with E-state index in [1.165, 1.54) is 22.3 Å². The van der Waals surface area contributed by atoms with Crippen LogP contribution in [0.25, 0.3) is 5.32 Å². The number of hydrogen-bond acceptors (Lipinski definition) is 4. The van der Waals surface area contributed by atoms with Crippen molar-refractivity contribution in [2.75, 3.05) is 0 Å². The van der Waals surface area contributed by atoms with Gasteiger partial charge >= 0.3 is 22.6 Å². The Balaban J connectivity index is 0.00000198. The number of aliphatic imine (C=N–C) groups is 1. The van der Waals surface area contributed by atoms with Gasteiger partial charge in [-0.3, -0.25) is 4.99 Å². The average molecular weight is 707 g/mol. The maximum atomic E-state index is 10.7. The summed E-state index contributed by atoms with van der Waals surface area (Å²) >= 11 is 0. The van der Waals surface area contributed by atoms with Gasteiger partial charge in [-0.15, -0.1) is 5.69 Å². The van der Waals surface area contributed by atoms with E-state index < -0.39 is 15.6 Å². The molecule has 0 radical (unpaired) electrons. The van der Waals surface area contributed by atoms with Crippen LogP contribution in [0.2, 0.25) is 0 Å². The van der Waals surface area contributed by atoms with Gasteiger partial charge in [0.05, 0.1) is 5.69 Å². The standard InChI is InChI=1S/C35H53N2.CHF3O3S.Fe/c1-22(2)26-17-15-18-27(23(3)4)32(26)36-30(34(9,10)11)21-31(35(12,13)14)37-33-28(24(5)6)19-16-20-29(33)25(7)8;2-1(3,4)8(5,6)7;/h15-25H,1-14H3;(H,5,6,7);/q-1;;+2/p-1/b30-21-,37-31?;;. The molecule has 2 rings (SSSR count). The van der Waals surface area contributed by atoms with Gasteiger partial charge in [0, 0.05) is 11.1 Å². The van der Waals surface area contributed by atoms with Gasteiger partial charge in [0.2, 0.25) is 0 Å². The summed E-state index contributed by atoms with van der Waals surface area (Å²) in [6.45, 7) is 31.7. The molecule has 0 saturated carbocycles. The van der Waals surface area contributed by atoms with E-state index in [9.17, 15) is 13.2 Å². The molecule has 0 aliphatic heterocycles. The van der Waals surface area contributed by atoms with Crippen molar-refractivity contribution >= 4 is 27.2 Å². The number of allylic oxidation sites excluding steroid dienone is 2. The second-order valence-corrected chi connectivity index (χ2v) is 16.1. The van der Waals surface area contributed by atoms with Crippen molar-refractivity contribution in [2.45, 2.75) is 126 Å². The SMILES string of the molecule is CC(C)c1cccc(C(C)C)c1N=C(/C=C(\[N-]c1c(C(C)C)cccc1C(C)C)C(C)(C)C)C(C)(C)C.O=S(=O)([O-])C(F)(F)F.[Fe+2]. The largest absolute Gasteiger partial charge is 2.00 e. The monoisotopic (exact) mass is 706 g/mol. The van der Waals surface area contributed by atoms with Crippen LogP contribution in [0, 0.1) is 10.8 Å². The number of nitrogens with zero attached hydrogens (tertiary/aromatic N) is 2. The van der Waals surface area contributed by atoms with E-state index in [0.29, 0.717) is 23.7 Å². The quantitative estimate of drug-likeness (QED) is 0.119. The van der Waals surface area contributed by atoms with Crippen molar-refractivity contribution in [3.8, 4) is 0 Å². The zero-order valence-corrected chi connectivity index (χ0v) is 31.8. The van der Waals surface area contributed by atoms with E-state index in [1.54, 1.807) is 0 Å². The number of hydrogen-bond donors (Lipinski definition) is 0. The zero-order chi connectivity index (χ0) is 35.3. The van der Waals surface area contributed by atoms with Crippen LogP contribution in [0.1, 0.15) is 143 Å². The number of para-hydroxylation sites is 2. The Morgan fingerprint density at radius 3 is 1.30 bits per heavy atom. The Morgan fingerprint density at radius 2 is 1.04 bits per heavy atom. The molecule has 0 N–H and O–H groups in total. The number of benzene rings is 2. The molecule has 0 heterocycles. The summed E-state index contributed by atoms with van der Waals surface area (Å²) in [6.07, 6.45) is 2.28. The second kappa shape index (κ2) is 16.8. The summed E-state index contributed by atoms with van der Waals surface area (Å²) in [5.41, 5.74) is 3.73. The topological polar surface area (TPSA) is 83.7 Å². The molecule has 0 aromatic heterocycles. The van der Waals surface area contributed by atoms with Gasteiger partial charge in [-0.25, -0.2) is 8.42 Å². The van der Waals surface area contributed by atoms with Crippen molar-refractivity contribution in [1.29, 1.82) is 0 Å². The summed E-state index contributed by atoms with van der Waals surface area (Å²) in [6, 6.07) is 13.3. The zero-order valence-electron chi connectivity index (χ0n) is 29.9. The first-order valence-corrected chi connectivity index (χ1v) is 16.9. The van der Waals surface area contributed by atoms with E-state index in [0.717, 1.165) is 22.8 Å². The van der Waals surface area contributed by atoms with E-state index in [4.69, 9.17) is 23.3 Å². The third-order valence-corrected chi connectivity index (χ3v) is 7.81. The van der Waals surface area contributed by atoms with Gasteiger partial charge in [0.25, 0.3) is 0 Å². The molecular formula is C36H53F3FeN2O3S. The normalized spacial score (nSPS) is 13.6. The summed E-state index contributed by atoms with van der Waals surface area (Å²) in [4.78, 5) is 5.46. The minimum atomic E-state index is -6.09. The Hall–Kier alpha value is -2.13. The summed E-state index contributed by atoms with van der Waals surface area (Å²) in [7, 11) is -6.09. The number of halogens is 3.